The van der Waals surface area contributed by atoms with Crippen molar-refractivity contribution in [1.82, 2.24) is 0 Å². The molecule has 0 atom stereocenters. The average Bonchev–Trinajstić information content (AvgIpc) is 3.00. The molecule has 212 valence electrons. The Balaban J connectivity index is 1.38. The summed E-state index contributed by atoms with van der Waals surface area (Å²) in [5, 5.41) is 0. The molecule has 0 bridgehead atoms. The maximum absolute atomic E-state index is 4.77. The van der Waals surface area contributed by atoms with Crippen molar-refractivity contribution in [1.29, 1.82) is 0 Å². The molecule has 0 aromatic heterocycles. The van der Waals surface area contributed by atoms with Gasteiger partial charge in [-0.25, -0.2) is 0 Å². The van der Waals surface area contributed by atoms with E-state index in [0.29, 0.717) is 0 Å². The highest BCUT2D eigenvalue weighted by Gasteiger charge is 2.25. The number of hydrogen-bond acceptors (Lipinski definition) is 1. The molecule has 4 fully saturated rings. The Kier molecular flexibility index (Phi) is 9.34. The van der Waals surface area contributed by atoms with Crippen molar-refractivity contribution in [2.75, 3.05) is 0 Å². The van der Waals surface area contributed by atoms with Crippen molar-refractivity contribution < 1.29 is 0 Å². The normalized spacial score (nSPS) is 22.8. The summed E-state index contributed by atoms with van der Waals surface area (Å²) in [6.45, 7) is 7.25. The maximum Gasteiger partial charge on any atom is 0.0127 e. The minimum Gasteiger partial charge on any atom is -0.198 e. The summed E-state index contributed by atoms with van der Waals surface area (Å²) in [5.41, 5.74) is 9.67. The molecule has 39 heavy (non-hydrogen) atoms. The van der Waals surface area contributed by atoms with E-state index < -0.39 is 0 Å². The van der Waals surface area contributed by atoms with Crippen LogP contribution < -0.4 is 0 Å². The summed E-state index contributed by atoms with van der Waals surface area (Å²) < 4.78 is 0. The van der Waals surface area contributed by atoms with Crippen LogP contribution in [0, 0.1) is 13.8 Å². The summed E-state index contributed by atoms with van der Waals surface area (Å²) >= 11 is 2.09. The van der Waals surface area contributed by atoms with Crippen LogP contribution in [0.2, 0.25) is 0 Å². The number of benzene rings is 2. The fourth-order valence-corrected chi connectivity index (χ4v) is 9.92. The van der Waals surface area contributed by atoms with Gasteiger partial charge < -0.3 is 0 Å². The van der Waals surface area contributed by atoms with Crippen LogP contribution >= 0.6 is 11.8 Å². The van der Waals surface area contributed by atoms with Crippen LogP contribution in [0.3, 0.4) is 0 Å². The molecular weight excluding hydrogens is 488 g/mol. The minimum atomic E-state index is 0.725. The highest BCUT2D eigenvalue weighted by atomic mass is 32.2. The second-order valence-corrected chi connectivity index (χ2v) is 14.9. The van der Waals surface area contributed by atoms with Crippen LogP contribution in [0.5, 0.6) is 0 Å². The van der Waals surface area contributed by atoms with Gasteiger partial charge in [0.25, 0.3) is 0 Å². The van der Waals surface area contributed by atoms with Gasteiger partial charge >= 0.3 is 0 Å². The lowest BCUT2D eigenvalue weighted by atomic mass is 9.77. The summed E-state index contributed by atoms with van der Waals surface area (Å²) in [5.74, 6) is 3.00. The highest BCUT2D eigenvalue weighted by Crippen LogP contribution is 2.46. The molecule has 0 spiro atoms. The molecule has 4 aliphatic carbocycles. The molecule has 0 aliphatic heterocycles. The van der Waals surface area contributed by atoms with Gasteiger partial charge in [0.05, 0.1) is 0 Å². The van der Waals surface area contributed by atoms with Crippen molar-refractivity contribution >= 4 is 11.8 Å². The van der Waals surface area contributed by atoms with Crippen molar-refractivity contribution in [2.45, 2.75) is 169 Å². The highest BCUT2D eigenvalue weighted by molar-refractivity contribution is 7.99. The first-order chi connectivity index (χ1) is 19.2. The molecule has 2 aromatic carbocycles. The van der Waals surface area contributed by atoms with E-state index in [0.717, 1.165) is 23.7 Å². The molecule has 4 saturated carbocycles. The Labute approximate surface area is 244 Å². The van der Waals surface area contributed by atoms with Crippen molar-refractivity contribution in [2.24, 2.45) is 0 Å². The quantitative estimate of drug-likeness (QED) is 0.328. The molecule has 2 aromatic rings. The first-order valence-electron chi connectivity index (χ1n) is 17.0. The van der Waals surface area contributed by atoms with Crippen LogP contribution in [0.1, 0.15) is 185 Å². The molecule has 0 heterocycles. The van der Waals surface area contributed by atoms with Crippen molar-refractivity contribution in [3.63, 3.8) is 0 Å². The fraction of sp³-hybridized carbons (Fsp3) is 0.658. The second kappa shape index (κ2) is 13.1. The molecule has 4 aliphatic rings. The topological polar surface area (TPSA) is 0 Å². The zero-order valence-electron chi connectivity index (χ0n) is 24.9. The molecule has 0 saturated heterocycles. The third-order valence-electron chi connectivity index (χ3n) is 11.2. The van der Waals surface area contributed by atoms with Gasteiger partial charge in [-0.15, -0.1) is 23.3 Å². The Hall–Kier alpha value is -1.34. The summed E-state index contributed by atoms with van der Waals surface area (Å²) in [6.07, 6.45) is 28.0. The Morgan fingerprint density at radius 2 is 0.744 bits per heavy atom. The summed E-state index contributed by atoms with van der Waals surface area (Å²) in [7, 11) is 0. The lowest BCUT2D eigenvalue weighted by Gasteiger charge is -2.35. The van der Waals surface area contributed by atoms with Gasteiger partial charge in [0.2, 0.25) is 0 Å². The van der Waals surface area contributed by atoms with Crippen LogP contribution in [-0.4, -0.2) is 0 Å². The summed E-state index contributed by atoms with van der Waals surface area (Å²) in [4.78, 5) is 3.01. The largest absolute Gasteiger partial charge is 0.198 e. The predicted molar refractivity (Wildman–Crippen MR) is 170 cm³/mol. The molecule has 1 heteroatoms. The van der Waals surface area contributed by atoms with Gasteiger partial charge in [-0.2, -0.15) is 12.5 Å². The summed E-state index contributed by atoms with van der Waals surface area (Å²) in [6, 6.07) is 10.5. The van der Waals surface area contributed by atoms with E-state index in [1.165, 1.54) is 144 Å². The van der Waals surface area contributed by atoms with E-state index in [1.54, 1.807) is 27.8 Å². The Morgan fingerprint density at radius 3 is 1.08 bits per heavy atom. The lowest BCUT2D eigenvalue weighted by Crippen LogP contribution is -2.12. The Morgan fingerprint density at radius 1 is 0.462 bits per heavy atom. The number of rotatable bonds is 6. The van der Waals surface area contributed by atoms with E-state index in [9.17, 15) is 0 Å². The monoisotopic (exact) mass is 541 g/mol. The van der Waals surface area contributed by atoms with Gasteiger partial charge in [0.15, 0.2) is 0 Å². The predicted octanol–water partition coefficient (Wildman–Crippen LogP) is 12.5. The van der Waals surface area contributed by atoms with Crippen LogP contribution in [0.15, 0.2) is 34.1 Å². The first kappa shape index (κ1) is 27.8. The van der Waals surface area contributed by atoms with E-state index in [1.807, 2.05) is 0 Å². The number of hydrogen-bond donors (Lipinski definition) is 0. The van der Waals surface area contributed by atoms with Crippen LogP contribution in [0.25, 0.3) is 0 Å². The first-order valence-corrected chi connectivity index (χ1v) is 17.8. The van der Waals surface area contributed by atoms with Gasteiger partial charge in [0.1, 0.15) is 0 Å². The molecule has 0 N–H and O–H groups in total. The van der Waals surface area contributed by atoms with E-state index >= 15 is 0 Å². The molecular formula is C38H53S-. The van der Waals surface area contributed by atoms with Gasteiger partial charge in [-0.1, -0.05) is 126 Å². The van der Waals surface area contributed by atoms with Gasteiger partial charge in [0, 0.05) is 4.90 Å². The lowest BCUT2D eigenvalue weighted by molar-refractivity contribution is 0.432. The molecule has 0 amide bonds. The molecule has 0 nitrogen and oxygen atoms in total. The zero-order valence-corrected chi connectivity index (χ0v) is 25.7. The molecule has 0 unspecified atom stereocenters. The standard InChI is InChI=1S/C38H53S/c1-27-35(29-15-7-3-8-16-29)23-33(24-36(27)30-17-9-4-10-18-30)39-34-25-37(31-19-11-5-12-20-31)28(2)38(26-34)32-21-13-6-14-22-32/h23-26,29-32H,1,3-22H2,2H3/q-1. The fourth-order valence-electron chi connectivity index (χ4n) is 8.91. The van der Waals surface area contributed by atoms with Gasteiger partial charge in [-0.05, 0) is 78.2 Å². The maximum atomic E-state index is 4.77. The third-order valence-corrected chi connectivity index (χ3v) is 12.1. The van der Waals surface area contributed by atoms with Crippen molar-refractivity contribution in [3.8, 4) is 0 Å². The smallest absolute Gasteiger partial charge is 0.0127 e. The molecule has 0 radical (unpaired) electrons. The second-order valence-electron chi connectivity index (χ2n) is 13.7. The van der Waals surface area contributed by atoms with Gasteiger partial charge in [-0.3, -0.25) is 0 Å². The van der Waals surface area contributed by atoms with E-state index in [4.69, 9.17) is 6.92 Å². The Bertz CT molecular complexity index is 922. The molecule has 6 rings (SSSR count). The average molecular weight is 542 g/mol. The SMILES string of the molecule is [CH2-]c1c(C2CCCCC2)cc(Sc2cc(C3CCCCC3)c(C)c(C3CCCCC3)c2)cc1C1CCCCC1. The van der Waals surface area contributed by atoms with E-state index in [-0.39, 0.29) is 0 Å². The van der Waals surface area contributed by atoms with E-state index in [2.05, 4.69) is 43.0 Å². The zero-order chi connectivity index (χ0) is 26.6. The third kappa shape index (κ3) is 6.45. The van der Waals surface area contributed by atoms with Crippen LogP contribution in [0.4, 0.5) is 0 Å². The van der Waals surface area contributed by atoms with Crippen molar-refractivity contribution in [3.05, 3.63) is 64.6 Å². The minimum absolute atomic E-state index is 0.725. The van der Waals surface area contributed by atoms with Crippen LogP contribution in [-0.2, 0) is 0 Å².